The SMILES string of the molecule is CCC(NC(=O)/C(C#N)=C\Nc1ccc(NC(C)=O)cc1)c1ccc2c(c1)CCCC2. The first kappa shape index (κ1) is 22.1. The highest BCUT2D eigenvalue weighted by Gasteiger charge is 2.18. The lowest BCUT2D eigenvalue weighted by Gasteiger charge is -2.21. The molecule has 3 rings (SSSR count). The van der Waals surface area contributed by atoms with Gasteiger partial charge in [-0.15, -0.1) is 0 Å². The van der Waals surface area contributed by atoms with Crippen molar-refractivity contribution in [3.8, 4) is 6.07 Å². The van der Waals surface area contributed by atoms with Gasteiger partial charge in [-0.1, -0.05) is 25.1 Å². The van der Waals surface area contributed by atoms with Crippen LogP contribution >= 0.6 is 0 Å². The van der Waals surface area contributed by atoms with E-state index in [1.807, 2.05) is 13.0 Å². The minimum atomic E-state index is -0.408. The predicted octanol–water partition coefficient (Wildman–Crippen LogP) is 4.61. The number of amides is 2. The maximum Gasteiger partial charge on any atom is 0.263 e. The van der Waals surface area contributed by atoms with Gasteiger partial charge in [-0.2, -0.15) is 5.26 Å². The van der Waals surface area contributed by atoms with Crippen LogP contribution in [0.3, 0.4) is 0 Å². The quantitative estimate of drug-likeness (QED) is 0.454. The van der Waals surface area contributed by atoms with Crippen molar-refractivity contribution in [2.45, 2.75) is 52.0 Å². The average molecular weight is 417 g/mol. The zero-order chi connectivity index (χ0) is 22.2. The summed E-state index contributed by atoms with van der Waals surface area (Å²) in [5, 5.41) is 18.1. The van der Waals surface area contributed by atoms with E-state index in [4.69, 9.17) is 0 Å². The lowest BCUT2D eigenvalue weighted by Crippen LogP contribution is -2.29. The first-order chi connectivity index (χ1) is 15.0. The molecule has 31 heavy (non-hydrogen) atoms. The van der Waals surface area contributed by atoms with Gasteiger partial charge in [-0.25, -0.2) is 0 Å². The van der Waals surface area contributed by atoms with Crippen LogP contribution in [0.2, 0.25) is 0 Å². The van der Waals surface area contributed by atoms with Crippen LogP contribution in [0.1, 0.15) is 55.8 Å². The van der Waals surface area contributed by atoms with E-state index in [1.165, 1.54) is 37.1 Å². The summed E-state index contributed by atoms with van der Waals surface area (Å²) in [6.07, 6.45) is 6.79. The Morgan fingerprint density at radius 3 is 2.39 bits per heavy atom. The molecule has 2 aromatic carbocycles. The maximum absolute atomic E-state index is 12.7. The van der Waals surface area contributed by atoms with Gasteiger partial charge in [0.1, 0.15) is 11.6 Å². The third kappa shape index (κ3) is 5.95. The molecule has 160 valence electrons. The lowest BCUT2D eigenvalue weighted by molar-refractivity contribution is -0.118. The van der Waals surface area contributed by atoms with Crippen molar-refractivity contribution in [2.75, 3.05) is 10.6 Å². The van der Waals surface area contributed by atoms with Crippen molar-refractivity contribution >= 4 is 23.2 Å². The predicted molar refractivity (Wildman–Crippen MR) is 122 cm³/mol. The molecule has 2 aromatic rings. The summed E-state index contributed by atoms with van der Waals surface area (Å²) < 4.78 is 0. The fourth-order valence-corrected chi connectivity index (χ4v) is 3.78. The molecule has 6 nitrogen and oxygen atoms in total. The molecule has 2 amide bonds. The van der Waals surface area contributed by atoms with E-state index >= 15 is 0 Å². The Bertz CT molecular complexity index is 1020. The van der Waals surface area contributed by atoms with Crippen LogP contribution < -0.4 is 16.0 Å². The molecule has 1 aliphatic rings. The van der Waals surface area contributed by atoms with Crippen LogP contribution in [-0.4, -0.2) is 11.8 Å². The number of nitrogens with zero attached hydrogens (tertiary/aromatic N) is 1. The summed E-state index contributed by atoms with van der Waals surface area (Å²) in [4.78, 5) is 23.8. The smallest absolute Gasteiger partial charge is 0.263 e. The first-order valence-electron chi connectivity index (χ1n) is 10.7. The van der Waals surface area contributed by atoms with Crippen molar-refractivity contribution in [1.29, 1.82) is 5.26 Å². The standard InChI is InChI=1S/C25H28N4O2/c1-3-24(20-9-8-18-6-4-5-7-19(18)14-20)29-25(31)21(15-26)16-27-22-10-12-23(13-11-22)28-17(2)30/h8-14,16,24,27H,3-7H2,1-2H3,(H,28,30)(H,29,31)/b21-16-. The van der Waals surface area contributed by atoms with Gasteiger partial charge in [-0.3, -0.25) is 9.59 Å². The topological polar surface area (TPSA) is 94.0 Å². The molecule has 1 aliphatic carbocycles. The number of fused-ring (bicyclic) bond motifs is 1. The minimum absolute atomic E-state index is 0.00217. The molecule has 1 atom stereocenters. The number of hydrogen-bond acceptors (Lipinski definition) is 4. The summed E-state index contributed by atoms with van der Waals surface area (Å²) >= 11 is 0. The van der Waals surface area contributed by atoms with E-state index in [0.29, 0.717) is 11.4 Å². The third-order valence-corrected chi connectivity index (χ3v) is 5.44. The fraction of sp³-hybridized carbons (Fsp3) is 0.320. The van der Waals surface area contributed by atoms with E-state index < -0.39 is 5.91 Å². The van der Waals surface area contributed by atoms with Crippen LogP contribution in [0.4, 0.5) is 11.4 Å². The van der Waals surface area contributed by atoms with Gasteiger partial charge >= 0.3 is 0 Å². The number of rotatable bonds is 7. The zero-order valence-corrected chi connectivity index (χ0v) is 18.0. The zero-order valence-electron chi connectivity index (χ0n) is 18.0. The molecule has 0 saturated heterocycles. The van der Waals surface area contributed by atoms with Gasteiger partial charge in [0, 0.05) is 24.5 Å². The number of nitriles is 1. The fourth-order valence-electron chi connectivity index (χ4n) is 3.78. The molecule has 0 spiro atoms. The van der Waals surface area contributed by atoms with E-state index in [2.05, 4.69) is 34.1 Å². The van der Waals surface area contributed by atoms with Crippen molar-refractivity contribution in [2.24, 2.45) is 0 Å². The first-order valence-corrected chi connectivity index (χ1v) is 10.7. The van der Waals surface area contributed by atoms with Crippen molar-refractivity contribution < 1.29 is 9.59 Å². The highest BCUT2D eigenvalue weighted by Crippen LogP contribution is 2.26. The summed E-state index contributed by atoms with van der Waals surface area (Å²) in [5.41, 5.74) is 5.24. The number of aryl methyl sites for hydroxylation is 2. The Balaban J connectivity index is 1.66. The van der Waals surface area contributed by atoms with Crippen molar-refractivity contribution in [3.63, 3.8) is 0 Å². The molecule has 1 unspecified atom stereocenters. The number of carbonyl (C=O) groups is 2. The number of anilines is 2. The average Bonchev–Trinajstić information content (AvgIpc) is 2.78. The normalized spacial score (nSPS) is 14.0. The third-order valence-electron chi connectivity index (χ3n) is 5.44. The van der Waals surface area contributed by atoms with E-state index in [9.17, 15) is 14.9 Å². The van der Waals surface area contributed by atoms with E-state index in [-0.39, 0.29) is 17.5 Å². The molecule has 0 aliphatic heterocycles. The molecule has 0 bridgehead atoms. The van der Waals surface area contributed by atoms with Crippen LogP contribution in [0.5, 0.6) is 0 Å². The summed E-state index contributed by atoms with van der Waals surface area (Å²) in [6.45, 7) is 3.47. The van der Waals surface area contributed by atoms with Gasteiger partial charge in [-0.05, 0) is 73.1 Å². The molecule has 0 heterocycles. The van der Waals surface area contributed by atoms with Crippen LogP contribution in [-0.2, 0) is 22.4 Å². The van der Waals surface area contributed by atoms with Gasteiger partial charge in [0.15, 0.2) is 0 Å². The Labute approximate surface area is 183 Å². The molecule has 6 heteroatoms. The van der Waals surface area contributed by atoms with Crippen molar-refractivity contribution in [1.82, 2.24) is 5.32 Å². The van der Waals surface area contributed by atoms with Gasteiger partial charge < -0.3 is 16.0 Å². The van der Waals surface area contributed by atoms with Gasteiger partial charge in [0.2, 0.25) is 5.91 Å². The lowest BCUT2D eigenvalue weighted by atomic mass is 9.88. The molecule has 0 fully saturated rings. The number of nitrogens with one attached hydrogen (secondary N) is 3. The highest BCUT2D eigenvalue weighted by atomic mass is 16.2. The number of carbonyl (C=O) groups excluding carboxylic acids is 2. The van der Waals surface area contributed by atoms with Crippen molar-refractivity contribution in [3.05, 3.63) is 70.9 Å². The summed E-state index contributed by atoms with van der Waals surface area (Å²) in [6, 6.07) is 15.3. The Morgan fingerprint density at radius 2 is 1.74 bits per heavy atom. The van der Waals surface area contributed by atoms with Crippen LogP contribution in [0.25, 0.3) is 0 Å². The molecular formula is C25H28N4O2. The van der Waals surface area contributed by atoms with Crippen LogP contribution in [0.15, 0.2) is 54.2 Å². The molecule has 3 N–H and O–H groups in total. The minimum Gasteiger partial charge on any atom is -0.360 e. The summed E-state index contributed by atoms with van der Waals surface area (Å²) in [7, 11) is 0. The number of hydrogen-bond donors (Lipinski definition) is 3. The number of benzene rings is 2. The Hall–Kier alpha value is -3.59. The Morgan fingerprint density at radius 1 is 1.06 bits per heavy atom. The van der Waals surface area contributed by atoms with E-state index in [1.54, 1.807) is 24.3 Å². The van der Waals surface area contributed by atoms with Crippen LogP contribution in [0, 0.1) is 11.3 Å². The molecule has 0 radical (unpaired) electrons. The Kier molecular flexibility index (Phi) is 7.45. The second-order valence-corrected chi connectivity index (χ2v) is 7.74. The molecule has 0 saturated carbocycles. The maximum atomic E-state index is 12.7. The summed E-state index contributed by atoms with van der Waals surface area (Å²) in [5.74, 6) is -0.553. The monoisotopic (exact) mass is 416 g/mol. The largest absolute Gasteiger partial charge is 0.360 e. The molecular weight excluding hydrogens is 388 g/mol. The van der Waals surface area contributed by atoms with E-state index in [0.717, 1.165) is 24.8 Å². The highest BCUT2D eigenvalue weighted by molar-refractivity contribution is 5.97. The van der Waals surface area contributed by atoms with Gasteiger partial charge in [0.25, 0.3) is 5.91 Å². The van der Waals surface area contributed by atoms with Gasteiger partial charge in [0.05, 0.1) is 6.04 Å². The second kappa shape index (κ2) is 10.4. The second-order valence-electron chi connectivity index (χ2n) is 7.74. The molecule has 0 aromatic heterocycles.